The van der Waals surface area contributed by atoms with Gasteiger partial charge >= 0.3 is 5.97 Å². The van der Waals surface area contributed by atoms with Gasteiger partial charge in [0.05, 0.1) is 0 Å². The van der Waals surface area contributed by atoms with E-state index in [0.29, 0.717) is 17.9 Å². The van der Waals surface area contributed by atoms with Crippen molar-refractivity contribution in [3.05, 3.63) is 35.5 Å². The largest absolute Gasteiger partial charge is 0.478 e. The molecule has 0 saturated heterocycles. The summed E-state index contributed by atoms with van der Waals surface area (Å²) in [6, 6.07) is 1.70. The van der Waals surface area contributed by atoms with Crippen LogP contribution in [0.2, 0.25) is 0 Å². The number of carbonyl (C=O) groups is 1. The molecule has 0 fully saturated rings. The standard InChI is InChI=1S/C12H16N2O2/c1-8(2)7-14(4)11-10(12(15)16)9(3)5-6-13-11/h5-6H,1,7H2,2-4H3,(H,15,16). The van der Waals surface area contributed by atoms with E-state index in [0.717, 1.165) is 5.57 Å². The maximum Gasteiger partial charge on any atom is 0.339 e. The summed E-state index contributed by atoms with van der Waals surface area (Å²) in [5, 5.41) is 9.14. The lowest BCUT2D eigenvalue weighted by Crippen LogP contribution is -2.23. The van der Waals surface area contributed by atoms with Crippen molar-refractivity contribution in [3.8, 4) is 0 Å². The zero-order chi connectivity index (χ0) is 12.3. The summed E-state index contributed by atoms with van der Waals surface area (Å²) in [7, 11) is 1.81. The Morgan fingerprint density at radius 3 is 2.75 bits per heavy atom. The first-order chi connectivity index (χ1) is 7.43. The Morgan fingerprint density at radius 2 is 2.25 bits per heavy atom. The SMILES string of the molecule is C=C(C)CN(C)c1nccc(C)c1C(=O)O. The Morgan fingerprint density at radius 1 is 1.62 bits per heavy atom. The van der Waals surface area contributed by atoms with Gasteiger partial charge in [0, 0.05) is 19.8 Å². The molecule has 1 aromatic heterocycles. The van der Waals surface area contributed by atoms with E-state index in [-0.39, 0.29) is 5.56 Å². The summed E-state index contributed by atoms with van der Waals surface area (Å²) in [5.74, 6) is -0.468. The number of anilines is 1. The number of pyridine rings is 1. The molecule has 0 amide bonds. The van der Waals surface area contributed by atoms with Gasteiger partial charge < -0.3 is 10.0 Å². The lowest BCUT2D eigenvalue weighted by molar-refractivity contribution is 0.0696. The fourth-order valence-corrected chi connectivity index (χ4v) is 1.58. The number of carboxylic acids is 1. The fraction of sp³-hybridized carbons (Fsp3) is 0.333. The van der Waals surface area contributed by atoms with Gasteiger partial charge in [-0.05, 0) is 25.5 Å². The second-order valence-corrected chi connectivity index (χ2v) is 3.94. The molecule has 86 valence electrons. The van der Waals surface area contributed by atoms with E-state index in [4.69, 9.17) is 5.11 Å². The summed E-state index contributed by atoms with van der Waals surface area (Å²) in [6.45, 7) is 8.06. The summed E-state index contributed by atoms with van der Waals surface area (Å²) in [5.41, 5.74) is 1.93. The van der Waals surface area contributed by atoms with Crippen molar-refractivity contribution < 1.29 is 9.90 Å². The van der Waals surface area contributed by atoms with Crippen LogP contribution in [-0.2, 0) is 0 Å². The third-order valence-corrected chi connectivity index (χ3v) is 2.22. The molecule has 1 N–H and O–H groups in total. The number of likely N-dealkylation sites (N-methyl/N-ethyl adjacent to an activating group) is 1. The van der Waals surface area contributed by atoms with Crippen molar-refractivity contribution >= 4 is 11.8 Å². The first-order valence-corrected chi connectivity index (χ1v) is 4.98. The monoisotopic (exact) mass is 220 g/mol. The first-order valence-electron chi connectivity index (χ1n) is 4.98. The molecule has 4 nitrogen and oxygen atoms in total. The maximum absolute atomic E-state index is 11.1. The molecule has 0 bridgehead atoms. The van der Waals surface area contributed by atoms with Gasteiger partial charge in [-0.15, -0.1) is 0 Å². The minimum atomic E-state index is -0.950. The number of nitrogens with zero attached hydrogens (tertiary/aromatic N) is 2. The summed E-state index contributed by atoms with van der Waals surface area (Å²) < 4.78 is 0. The van der Waals surface area contributed by atoms with Gasteiger partial charge in [0.25, 0.3) is 0 Å². The summed E-state index contributed by atoms with van der Waals surface area (Å²) in [4.78, 5) is 17.1. The average molecular weight is 220 g/mol. The highest BCUT2D eigenvalue weighted by Crippen LogP contribution is 2.20. The van der Waals surface area contributed by atoms with E-state index in [2.05, 4.69) is 11.6 Å². The number of aromatic nitrogens is 1. The smallest absolute Gasteiger partial charge is 0.339 e. The molecule has 1 aromatic rings. The van der Waals surface area contributed by atoms with Crippen LogP contribution in [0.4, 0.5) is 5.82 Å². The van der Waals surface area contributed by atoms with Gasteiger partial charge in [-0.3, -0.25) is 0 Å². The molecule has 0 aliphatic rings. The summed E-state index contributed by atoms with van der Waals surface area (Å²) >= 11 is 0. The lowest BCUT2D eigenvalue weighted by Gasteiger charge is -2.20. The van der Waals surface area contributed by atoms with Crippen LogP contribution in [0.5, 0.6) is 0 Å². The van der Waals surface area contributed by atoms with Crippen molar-refractivity contribution in [2.75, 3.05) is 18.5 Å². The minimum absolute atomic E-state index is 0.256. The molecule has 0 radical (unpaired) electrons. The van der Waals surface area contributed by atoms with E-state index in [1.165, 1.54) is 0 Å². The zero-order valence-corrected chi connectivity index (χ0v) is 9.82. The summed E-state index contributed by atoms with van der Waals surface area (Å²) in [6.07, 6.45) is 1.62. The Bertz CT molecular complexity index is 427. The van der Waals surface area contributed by atoms with Gasteiger partial charge in [-0.1, -0.05) is 12.2 Å². The Balaban J connectivity index is 3.17. The van der Waals surface area contributed by atoms with E-state index < -0.39 is 5.97 Å². The van der Waals surface area contributed by atoms with Gasteiger partial charge in [-0.2, -0.15) is 0 Å². The molecule has 0 aliphatic carbocycles. The van der Waals surface area contributed by atoms with Crippen molar-refractivity contribution in [3.63, 3.8) is 0 Å². The molecule has 16 heavy (non-hydrogen) atoms. The molecule has 0 spiro atoms. The third kappa shape index (κ3) is 2.59. The second kappa shape index (κ2) is 4.79. The Labute approximate surface area is 95.2 Å². The number of rotatable bonds is 4. The highest BCUT2D eigenvalue weighted by atomic mass is 16.4. The number of carboxylic acid groups (broad SMARTS) is 1. The van der Waals surface area contributed by atoms with Crippen LogP contribution in [0.3, 0.4) is 0 Å². The number of aromatic carboxylic acids is 1. The van der Waals surface area contributed by atoms with E-state index in [9.17, 15) is 4.79 Å². The highest BCUT2D eigenvalue weighted by molar-refractivity contribution is 5.94. The molecule has 0 atom stereocenters. The van der Waals surface area contributed by atoms with Crippen LogP contribution >= 0.6 is 0 Å². The molecule has 0 aliphatic heterocycles. The first kappa shape index (κ1) is 12.2. The quantitative estimate of drug-likeness (QED) is 0.789. The molecular formula is C12H16N2O2. The number of hydrogen-bond acceptors (Lipinski definition) is 3. The Hall–Kier alpha value is -1.84. The normalized spacial score (nSPS) is 9.94. The molecule has 1 rings (SSSR count). The van der Waals surface area contributed by atoms with Crippen LogP contribution in [0.1, 0.15) is 22.8 Å². The molecule has 0 saturated carbocycles. The number of hydrogen-bond donors (Lipinski definition) is 1. The van der Waals surface area contributed by atoms with Crippen molar-refractivity contribution in [2.45, 2.75) is 13.8 Å². The second-order valence-electron chi connectivity index (χ2n) is 3.94. The van der Waals surface area contributed by atoms with Crippen LogP contribution in [-0.4, -0.2) is 29.7 Å². The van der Waals surface area contributed by atoms with Gasteiger partial charge in [0.2, 0.25) is 0 Å². The molecule has 4 heteroatoms. The van der Waals surface area contributed by atoms with E-state index in [1.807, 2.05) is 14.0 Å². The minimum Gasteiger partial charge on any atom is -0.478 e. The van der Waals surface area contributed by atoms with Crippen molar-refractivity contribution in [1.29, 1.82) is 0 Å². The van der Waals surface area contributed by atoms with Crippen LogP contribution in [0, 0.1) is 6.92 Å². The van der Waals surface area contributed by atoms with Crippen LogP contribution in [0.25, 0.3) is 0 Å². The Kier molecular flexibility index (Phi) is 3.66. The predicted molar refractivity (Wildman–Crippen MR) is 64.0 cm³/mol. The zero-order valence-electron chi connectivity index (χ0n) is 9.82. The molecular weight excluding hydrogens is 204 g/mol. The third-order valence-electron chi connectivity index (χ3n) is 2.22. The van der Waals surface area contributed by atoms with Gasteiger partial charge in [0.1, 0.15) is 11.4 Å². The van der Waals surface area contributed by atoms with E-state index >= 15 is 0 Å². The van der Waals surface area contributed by atoms with Gasteiger partial charge in [0.15, 0.2) is 0 Å². The molecule has 0 aromatic carbocycles. The maximum atomic E-state index is 11.1. The highest BCUT2D eigenvalue weighted by Gasteiger charge is 2.17. The van der Waals surface area contributed by atoms with E-state index in [1.54, 1.807) is 24.1 Å². The topological polar surface area (TPSA) is 53.4 Å². The van der Waals surface area contributed by atoms with Gasteiger partial charge in [-0.25, -0.2) is 9.78 Å². The molecule has 1 heterocycles. The lowest BCUT2D eigenvalue weighted by atomic mass is 10.1. The van der Waals surface area contributed by atoms with Crippen molar-refractivity contribution in [1.82, 2.24) is 4.98 Å². The average Bonchev–Trinajstić information content (AvgIpc) is 2.15. The van der Waals surface area contributed by atoms with Crippen molar-refractivity contribution in [2.24, 2.45) is 0 Å². The van der Waals surface area contributed by atoms with Crippen LogP contribution < -0.4 is 4.90 Å². The van der Waals surface area contributed by atoms with Crippen LogP contribution in [0.15, 0.2) is 24.4 Å². The fourth-order valence-electron chi connectivity index (χ4n) is 1.58. The number of aryl methyl sites for hydroxylation is 1. The predicted octanol–water partition coefficient (Wildman–Crippen LogP) is 2.10. The molecule has 0 unspecified atom stereocenters.